The van der Waals surface area contributed by atoms with Crippen molar-refractivity contribution in [3.63, 3.8) is 0 Å². The molecule has 0 saturated heterocycles. The summed E-state index contributed by atoms with van der Waals surface area (Å²) in [6.07, 6.45) is 0. The van der Waals surface area contributed by atoms with E-state index in [-0.39, 0.29) is 44.2 Å². The molecule has 0 bridgehead atoms. The average molecular weight is 719 g/mol. The minimum atomic E-state index is -0.912. The molecule has 266 valence electrons. The van der Waals surface area contributed by atoms with Gasteiger partial charge in [0.1, 0.15) is 11.5 Å². The average Bonchev–Trinajstić information content (AvgIpc) is 3.24. The zero-order valence-corrected chi connectivity index (χ0v) is 29.6. The van der Waals surface area contributed by atoms with E-state index < -0.39 is 23.0 Å². The molecule has 0 spiro atoms. The van der Waals surface area contributed by atoms with E-state index in [9.17, 15) is 30.6 Å². The van der Waals surface area contributed by atoms with Crippen LogP contribution in [0.1, 0.15) is 5.56 Å². The van der Waals surface area contributed by atoms with E-state index in [1.54, 1.807) is 31.2 Å². The summed E-state index contributed by atoms with van der Waals surface area (Å²) in [6, 6.07) is 48.2. The molecular weight excluding hydrogens is 685 g/mol. The molecule has 0 aliphatic heterocycles. The lowest BCUT2D eigenvalue weighted by Gasteiger charge is -2.24. The Balaban J connectivity index is 1.43. The lowest BCUT2D eigenvalue weighted by atomic mass is 9.80. The largest absolute Gasteiger partial charge is 0.507 e. The third kappa shape index (κ3) is 5.18. The molecule has 0 unspecified atom stereocenters. The minimum absolute atomic E-state index is 0.0114. The Labute approximate surface area is 316 Å². The fourth-order valence-electron chi connectivity index (χ4n) is 8.06. The van der Waals surface area contributed by atoms with Crippen molar-refractivity contribution < 1.29 is 30.6 Å². The van der Waals surface area contributed by atoms with Crippen molar-refractivity contribution in [2.24, 2.45) is 0 Å². The van der Waals surface area contributed by atoms with E-state index in [4.69, 9.17) is 0 Å². The van der Waals surface area contributed by atoms with Gasteiger partial charge in [-0.1, -0.05) is 146 Å². The molecule has 6 nitrogen and oxygen atoms in total. The molecule has 0 heterocycles. The molecule has 0 aliphatic rings. The summed E-state index contributed by atoms with van der Waals surface area (Å²) in [5.74, 6) is -3.52. The molecule has 0 fully saturated rings. The maximum absolute atomic E-state index is 12.7. The Morgan fingerprint density at radius 2 is 0.745 bits per heavy atom. The Bertz CT molecular complexity index is 2970. The Hall–Kier alpha value is -7.44. The van der Waals surface area contributed by atoms with Crippen LogP contribution >= 0.6 is 0 Å². The number of hydrogen-bond donors (Lipinski definition) is 6. The lowest BCUT2D eigenvalue weighted by molar-refractivity contribution is 0.351. The second kappa shape index (κ2) is 12.9. The molecule has 9 aromatic rings. The summed E-state index contributed by atoms with van der Waals surface area (Å²) >= 11 is 0. The van der Waals surface area contributed by atoms with E-state index in [2.05, 4.69) is 12.1 Å². The Morgan fingerprint density at radius 3 is 1.40 bits per heavy atom. The Kier molecular flexibility index (Phi) is 7.83. The van der Waals surface area contributed by atoms with Crippen LogP contribution in [-0.4, -0.2) is 30.6 Å². The molecule has 6 heteroatoms. The summed E-state index contributed by atoms with van der Waals surface area (Å²) < 4.78 is 0. The number of fused-ring (bicyclic) bond motifs is 3. The number of benzene rings is 9. The van der Waals surface area contributed by atoms with Gasteiger partial charge in [0.2, 0.25) is 11.5 Å². The van der Waals surface area contributed by atoms with Crippen LogP contribution in [0.25, 0.3) is 88.0 Å². The molecule has 6 N–H and O–H groups in total. The normalized spacial score (nSPS) is 11.4. The van der Waals surface area contributed by atoms with Crippen molar-refractivity contribution in [1.82, 2.24) is 0 Å². The first kappa shape index (κ1) is 33.4. The van der Waals surface area contributed by atoms with Gasteiger partial charge >= 0.3 is 0 Å². The van der Waals surface area contributed by atoms with Gasteiger partial charge in [0, 0.05) is 43.8 Å². The van der Waals surface area contributed by atoms with Crippen LogP contribution in [0.15, 0.2) is 152 Å². The molecule has 0 amide bonds. The monoisotopic (exact) mass is 718 g/mol. The van der Waals surface area contributed by atoms with E-state index in [0.29, 0.717) is 27.8 Å². The predicted octanol–water partition coefficient (Wildman–Crippen LogP) is 12.0. The maximum Gasteiger partial charge on any atom is 0.204 e. The van der Waals surface area contributed by atoms with Gasteiger partial charge in [-0.3, -0.25) is 0 Å². The quantitative estimate of drug-likeness (QED) is 0.0598. The van der Waals surface area contributed by atoms with Crippen molar-refractivity contribution >= 4 is 32.3 Å². The highest BCUT2D eigenvalue weighted by Gasteiger charge is 2.32. The van der Waals surface area contributed by atoms with Crippen molar-refractivity contribution in [1.29, 1.82) is 0 Å². The van der Waals surface area contributed by atoms with Gasteiger partial charge in [-0.2, -0.15) is 0 Å². The number of phenolic OH excluding ortho intramolecular Hbond substituents is 6. The van der Waals surface area contributed by atoms with Gasteiger partial charge in [0.25, 0.3) is 0 Å². The zero-order chi connectivity index (χ0) is 38.0. The van der Waals surface area contributed by atoms with Crippen LogP contribution in [0.2, 0.25) is 0 Å². The second-order valence-corrected chi connectivity index (χ2v) is 13.8. The topological polar surface area (TPSA) is 121 Å². The number of rotatable bonds is 5. The zero-order valence-electron chi connectivity index (χ0n) is 29.6. The first-order valence-electron chi connectivity index (χ1n) is 17.9. The number of hydrogen-bond acceptors (Lipinski definition) is 6. The van der Waals surface area contributed by atoms with Crippen LogP contribution in [0.3, 0.4) is 0 Å². The van der Waals surface area contributed by atoms with Crippen LogP contribution in [-0.2, 0) is 0 Å². The highest BCUT2D eigenvalue weighted by molar-refractivity contribution is 6.29. The van der Waals surface area contributed by atoms with Crippen LogP contribution in [0, 0.1) is 6.92 Å². The summed E-state index contributed by atoms with van der Waals surface area (Å²) in [4.78, 5) is 0. The summed E-state index contributed by atoms with van der Waals surface area (Å²) in [6.45, 7) is 1.73. The molecule has 0 aromatic heterocycles. The standard InChI is InChI=1S/C49H34O6/c1-27-37(36-21-11-17-31-14-8-9-20-35(31)36)45(51)41-38(32-15-6-3-7-16-32)42-43(47(53)49(55)48(54)46(42)52)39(40(41)44(27)50)34-19-10-18-33(26-34)30-24-22-29(23-25-30)28-12-4-2-5-13-28/h2-26,50-55H,1H3. The van der Waals surface area contributed by atoms with Crippen molar-refractivity contribution in [3.05, 3.63) is 157 Å². The van der Waals surface area contributed by atoms with E-state index >= 15 is 0 Å². The maximum atomic E-state index is 12.7. The molecule has 9 aromatic carbocycles. The first-order valence-corrected chi connectivity index (χ1v) is 17.9. The van der Waals surface area contributed by atoms with E-state index in [1.165, 1.54) is 0 Å². The van der Waals surface area contributed by atoms with Crippen molar-refractivity contribution in [3.8, 4) is 90.1 Å². The van der Waals surface area contributed by atoms with Crippen LogP contribution in [0.4, 0.5) is 0 Å². The molecule has 9 rings (SSSR count). The fourth-order valence-corrected chi connectivity index (χ4v) is 8.06. The fraction of sp³-hybridized carbons (Fsp3) is 0.0204. The molecule has 0 radical (unpaired) electrons. The van der Waals surface area contributed by atoms with Crippen LogP contribution < -0.4 is 0 Å². The molecular formula is C49H34O6. The molecule has 0 saturated carbocycles. The van der Waals surface area contributed by atoms with Gasteiger partial charge in [-0.05, 0) is 62.7 Å². The molecule has 55 heavy (non-hydrogen) atoms. The SMILES string of the molecule is Cc1c(-c2cccc3ccccc23)c(O)c2c(-c3ccccc3)c3c(O)c(O)c(O)c(O)c3c(-c3cccc(-c4ccc(-c5ccccc5)cc4)c3)c2c1O. The van der Waals surface area contributed by atoms with Gasteiger partial charge in [-0.25, -0.2) is 0 Å². The third-order valence-electron chi connectivity index (χ3n) is 10.7. The highest BCUT2D eigenvalue weighted by Crippen LogP contribution is 2.61. The third-order valence-corrected chi connectivity index (χ3v) is 10.7. The van der Waals surface area contributed by atoms with Gasteiger partial charge in [0.05, 0.1) is 0 Å². The molecule has 0 aliphatic carbocycles. The number of phenols is 6. The summed E-state index contributed by atoms with van der Waals surface area (Å²) in [5.41, 5.74) is 6.89. The van der Waals surface area contributed by atoms with Crippen molar-refractivity contribution in [2.75, 3.05) is 0 Å². The predicted molar refractivity (Wildman–Crippen MR) is 221 cm³/mol. The van der Waals surface area contributed by atoms with Gasteiger partial charge < -0.3 is 30.6 Å². The Morgan fingerprint density at radius 1 is 0.309 bits per heavy atom. The lowest BCUT2D eigenvalue weighted by Crippen LogP contribution is -1.97. The smallest absolute Gasteiger partial charge is 0.204 e. The number of aromatic hydroxyl groups is 6. The first-order chi connectivity index (χ1) is 26.7. The van der Waals surface area contributed by atoms with E-state index in [0.717, 1.165) is 33.0 Å². The van der Waals surface area contributed by atoms with Gasteiger partial charge in [-0.15, -0.1) is 0 Å². The second-order valence-electron chi connectivity index (χ2n) is 13.8. The summed E-state index contributed by atoms with van der Waals surface area (Å²) in [7, 11) is 0. The highest BCUT2D eigenvalue weighted by atomic mass is 16.3. The van der Waals surface area contributed by atoms with Crippen molar-refractivity contribution in [2.45, 2.75) is 6.92 Å². The van der Waals surface area contributed by atoms with E-state index in [1.807, 2.05) is 115 Å². The minimum Gasteiger partial charge on any atom is -0.507 e. The van der Waals surface area contributed by atoms with Gasteiger partial charge in [0.15, 0.2) is 11.5 Å². The summed E-state index contributed by atoms with van der Waals surface area (Å²) in [5, 5.41) is 73.0. The molecule has 0 atom stereocenters. The van der Waals surface area contributed by atoms with Crippen LogP contribution in [0.5, 0.6) is 34.5 Å².